The first kappa shape index (κ1) is 11.8. The zero-order valence-corrected chi connectivity index (χ0v) is 11.2. The van der Waals surface area contributed by atoms with Crippen LogP contribution in [0.2, 0.25) is 0 Å². The molecule has 0 fully saturated rings. The van der Waals surface area contributed by atoms with E-state index in [2.05, 4.69) is 46.7 Å². The molecule has 1 aliphatic rings. The maximum Gasteiger partial charge on any atom is 0.0534 e. The number of aromatic amines is 1. The summed E-state index contributed by atoms with van der Waals surface area (Å²) in [5, 5.41) is 10.6. The van der Waals surface area contributed by atoms with E-state index in [-0.39, 0.29) is 0 Å². The van der Waals surface area contributed by atoms with Crippen LogP contribution in [0.3, 0.4) is 0 Å². The Morgan fingerprint density at radius 2 is 2.33 bits per heavy atom. The number of benzene rings is 1. The molecule has 0 saturated carbocycles. The molecule has 0 aliphatic carbocycles. The van der Waals surface area contributed by atoms with Gasteiger partial charge in [-0.15, -0.1) is 11.8 Å². The average molecular weight is 259 g/mol. The van der Waals surface area contributed by atoms with Crippen molar-refractivity contribution in [3.05, 3.63) is 47.8 Å². The molecule has 0 amide bonds. The van der Waals surface area contributed by atoms with E-state index in [0.717, 1.165) is 0 Å². The van der Waals surface area contributed by atoms with Crippen molar-refractivity contribution < 1.29 is 0 Å². The highest BCUT2D eigenvalue weighted by molar-refractivity contribution is 7.99. The second-order valence-electron chi connectivity index (χ2n) is 4.65. The van der Waals surface area contributed by atoms with Gasteiger partial charge in [-0.1, -0.05) is 18.2 Å². The van der Waals surface area contributed by atoms with Crippen molar-refractivity contribution in [3.8, 4) is 0 Å². The molecule has 2 unspecified atom stereocenters. The van der Waals surface area contributed by atoms with Crippen molar-refractivity contribution in [2.45, 2.75) is 30.3 Å². The van der Waals surface area contributed by atoms with Gasteiger partial charge in [0.1, 0.15) is 0 Å². The van der Waals surface area contributed by atoms with Crippen LogP contribution >= 0.6 is 11.8 Å². The van der Waals surface area contributed by atoms with Gasteiger partial charge >= 0.3 is 0 Å². The fourth-order valence-corrected chi connectivity index (χ4v) is 3.54. The molecule has 2 atom stereocenters. The van der Waals surface area contributed by atoms with E-state index >= 15 is 0 Å². The van der Waals surface area contributed by atoms with E-state index in [0.29, 0.717) is 12.1 Å². The van der Waals surface area contributed by atoms with Gasteiger partial charge in [-0.3, -0.25) is 5.10 Å². The summed E-state index contributed by atoms with van der Waals surface area (Å²) in [5.41, 5.74) is 2.65. The highest BCUT2D eigenvalue weighted by atomic mass is 32.2. The third-order valence-corrected chi connectivity index (χ3v) is 4.55. The molecule has 3 rings (SSSR count). The molecule has 18 heavy (non-hydrogen) atoms. The molecule has 4 heteroatoms. The molecule has 0 bridgehead atoms. The quantitative estimate of drug-likeness (QED) is 0.888. The Bertz CT molecular complexity index is 510. The van der Waals surface area contributed by atoms with Crippen LogP contribution in [-0.2, 0) is 0 Å². The number of nitrogens with zero attached hydrogens (tertiary/aromatic N) is 1. The van der Waals surface area contributed by atoms with Crippen molar-refractivity contribution in [3.63, 3.8) is 0 Å². The normalized spacial score (nSPS) is 20.4. The minimum Gasteiger partial charge on any atom is -0.303 e. The molecule has 3 nitrogen and oxygen atoms in total. The molecule has 2 heterocycles. The number of aromatic nitrogens is 2. The standard InChI is InChI=1S/C14H17N3S/c1-10(11-8-15-16-9-11)17-13-6-7-18-14-5-3-2-4-12(13)14/h2-5,8-10,13,17H,6-7H2,1H3,(H,15,16). The summed E-state index contributed by atoms with van der Waals surface area (Å²) in [6, 6.07) is 9.48. The van der Waals surface area contributed by atoms with Gasteiger partial charge in [0, 0.05) is 28.7 Å². The lowest BCUT2D eigenvalue weighted by Gasteiger charge is -2.28. The van der Waals surface area contributed by atoms with Crippen LogP contribution in [-0.4, -0.2) is 16.0 Å². The van der Waals surface area contributed by atoms with Gasteiger partial charge in [0.15, 0.2) is 0 Å². The van der Waals surface area contributed by atoms with Crippen LogP contribution in [0.4, 0.5) is 0 Å². The highest BCUT2D eigenvalue weighted by Gasteiger charge is 2.22. The second-order valence-corrected chi connectivity index (χ2v) is 5.78. The van der Waals surface area contributed by atoms with E-state index in [1.807, 2.05) is 24.2 Å². The van der Waals surface area contributed by atoms with Crippen molar-refractivity contribution in [2.24, 2.45) is 0 Å². The summed E-state index contributed by atoms with van der Waals surface area (Å²) < 4.78 is 0. The molecule has 94 valence electrons. The van der Waals surface area contributed by atoms with E-state index in [1.165, 1.54) is 28.2 Å². The van der Waals surface area contributed by atoms with Crippen molar-refractivity contribution >= 4 is 11.8 Å². The zero-order chi connectivity index (χ0) is 12.4. The Labute approximate surface area is 111 Å². The molecular weight excluding hydrogens is 242 g/mol. The second kappa shape index (κ2) is 5.16. The van der Waals surface area contributed by atoms with Crippen molar-refractivity contribution in [1.82, 2.24) is 15.5 Å². The van der Waals surface area contributed by atoms with Crippen LogP contribution in [0.25, 0.3) is 0 Å². The Morgan fingerprint density at radius 3 is 3.17 bits per heavy atom. The summed E-state index contributed by atoms with van der Waals surface area (Å²) in [6.45, 7) is 2.19. The first-order chi connectivity index (χ1) is 8.84. The smallest absolute Gasteiger partial charge is 0.0534 e. The lowest BCUT2D eigenvalue weighted by Crippen LogP contribution is -2.27. The third-order valence-electron chi connectivity index (χ3n) is 3.43. The minimum atomic E-state index is 0.324. The van der Waals surface area contributed by atoms with Crippen LogP contribution < -0.4 is 5.32 Å². The highest BCUT2D eigenvalue weighted by Crippen LogP contribution is 2.36. The predicted molar refractivity (Wildman–Crippen MR) is 74.7 cm³/mol. The fourth-order valence-electron chi connectivity index (χ4n) is 2.41. The number of H-pyrrole nitrogens is 1. The van der Waals surface area contributed by atoms with Gasteiger partial charge in [-0.25, -0.2) is 0 Å². The largest absolute Gasteiger partial charge is 0.303 e. The van der Waals surface area contributed by atoms with Gasteiger partial charge in [0.2, 0.25) is 0 Å². The summed E-state index contributed by atoms with van der Waals surface area (Å²) in [5.74, 6) is 1.19. The monoisotopic (exact) mass is 259 g/mol. The third kappa shape index (κ3) is 2.31. The van der Waals surface area contributed by atoms with Gasteiger partial charge in [0.25, 0.3) is 0 Å². The SMILES string of the molecule is CC(NC1CCSc2ccccc21)c1cn[nH]c1. The number of nitrogens with one attached hydrogen (secondary N) is 2. The maximum absolute atomic E-state index is 4.01. The zero-order valence-electron chi connectivity index (χ0n) is 10.4. The molecule has 0 radical (unpaired) electrons. The molecule has 0 spiro atoms. The first-order valence-corrected chi connectivity index (χ1v) is 7.29. The molecule has 1 aromatic heterocycles. The molecule has 2 aromatic rings. The van der Waals surface area contributed by atoms with Gasteiger partial charge in [0.05, 0.1) is 6.20 Å². The number of hydrogen-bond acceptors (Lipinski definition) is 3. The molecule has 0 saturated heterocycles. The lowest BCUT2D eigenvalue weighted by atomic mass is 10.0. The average Bonchev–Trinajstić information content (AvgIpc) is 2.93. The Kier molecular flexibility index (Phi) is 3.39. The van der Waals surface area contributed by atoms with E-state index in [9.17, 15) is 0 Å². The Hall–Kier alpha value is -1.26. The number of hydrogen-bond donors (Lipinski definition) is 2. The number of thioether (sulfide) groups is 1. The molecular formula is C14H17N3S. The van der Waals surface area contributed by atoms with Crippen LogP contribution in [0.5, 0.6) is 0 Å². The first-order valence-electron chi connectivity index (χ1n) is 6.31. The predicted octanol–water partition coefficient (Wildman–Crippen LogP) is 3.30. The van der Waals surface area contributed by atoms with E-state index in [1.54, 1.807) is 0 Å². The van der Waals surface area contributed by atoms with Gasteiger partial charge < -0.3 is 5.32 Å². The van der Waals surface area contributed by atoms with Crippen molar-refractivity contribution in [2.75, 3.05) is 5.75 Å². The molecule has 1 aliphatic heterocycles. The summed E-state index contributed by atoms with van der Waals surface area (Å²) in [7, 11) is 0. The topological polar surface area (TPSA) is 40.7 Å². The number of fused-ring (bicyclic) bond motifs is 1. The van der Waals surface area contributed by atoms with E-state index < -0.39 is 0 Å². The summed E-state index contributed by atoms with van der Waals surface area (Å²) in [4.78, 5) is 1.42. The Morgan fingerprint density at radius 1 is 1.44 bits per heavy atom. The summed E-state index contributed by atoms with van der Waals surface area (Å²) >= 11 is 1.96. The van der Waals surface area contributed by atoms with Crippen LogP contribution in [0.1, 0.15) is 36.6 Å². The Balaban J connectivity index is 1.78. The lowest BCUT2D eigenvalue weighted by molar-refractivity contribution is 0.450. The molecule has 2 N–H and O–H groups in total. The summed E-state index contributed by atoms with van der Waals surface area (Å²) in [6.07, 6.45) is 5.03. The van der Waals surface area contributed by atoms with Gasteiger partial charge in [-0.05, 0) is 30.7 Å². The molecule has 1 aromatic carbocycles. The van der Waals surface area contributed by atoms with Crippen molar-refractivity contribution in [1.29, 1.82) is 0 Å². The van der Waals surface area contributed by atoms with Crippen LogP contribution in [0, 0.1) is 0 Å². The van der Waals surface area contributed by atoms with E-state index in [4.69, 9.17) is 0 Å². The van der Waals surface area contributed by atoms with Gasteiger partial charge in [-0.2, -0.15) is 5.10 Å². The number of rotatable bonds is 3. The minimum absolute atomic E-state index is 0.324. The maximum atomic E-state index is 4.01. The van der Waals surface area contributed by atoms with Crippen LogP contribution in [0.15, 0.2) is 41.6 Å². The fraction of sp³-hybridized carbons (Fsp3) is 0.357.